The average molecular weight is 181 g/mol. The van der Waals surface area contributed by atoms with Crippen LogP contribution < -0.4 is 0 Å². The highest BCUT2D eigenvalue weighted by Gasteiger charge is 1.80. The van der Waals surface area contributed by atoms with Crippen LogP contribution in [0.2, 0.25) is 6.55 Å². The van der Waals surface area contributed by atoms with Crippen LogP contribution in [0.4, 0.5) is 0 Å². The lowest BCUT2D eigenvalue weighted by Crippen LogP contribution is -1.70. The molecule has 0 amide bonds. The van der Waals surface area contributed by atoms with Crippen molar-refractivity contribution < 1.29 is 0 Å². The molecule has 0 radical (unpaired) electrons. The number of hydrogen-bond acceptors (Lipinski definition) is 0. The fraction of sp³-hybridized carbons (Fsp3) is 1.00. The Morgan fingerprint density at radius 2 is 1.30 bits per heavy atom. The molecule has 0 rings (SSSR count). The summed E-state index contributed by atoms with van der Waals surface area (Å²) in [5, 5.41) is 0. The van der Waals surface area contributed by atoms with E-state index in [-0.39, 0.29) is 8.83 Å². The van der Waals surface area contributed by atoms with Crippen molar-refractivity contribution >= 4 is 19.9 Å². The molecule has 10 heavy (non-hydrogen) atoms. The van der Waals surface area contributed by atoms with Gasteiger partial charge in [-0.15, -0.1) is 0 Å². The van der Waals surface area contributed by atoms with E-state index in [0.29, 0.717) is 0 Å². The Hall–Kier alpha value is 0.507. The van der Waals surface area contributed by atoms with Crippen molar-refractivity contribution in [1.82, 2.24) is 0 Å². The Bertz CT molecular complexity index is 36.2. The highest BCUT2D eigenvalue weighted by Crippen LogP contribution is 2.00. The molecular weight excluding hydrogens is 160 g/mol. The van der Waals surface area contributed by atoms with Crippen LogP contribution in [-0.2, 0) is 0 Å². The van der Waals surface area contributed by atoms with Gasteiger partial charge in [0.05, 0.1) is 0 Å². The topological polar surface area (TPSA) is 0 Å². The van der Waals surface area contributed by atoms with Crippen LogP contribution in [-0.4, -0.2) is 8.83 Å². The first-order valence-electron chi connectivity index (χ1n) is 4.39. The van der Waals surface area contributed by atoms with Gasteiger partial charge in [-0.2, -0.15) is 11.1 Å². The van der Waals surface area contributed by atoms with E-state index in [2.05, 4.69) is 13.8 Å². The molecule has 0 heterocycles. The summed E-state index contributed by atoms with van der Waals surface area (Å²) in [4.78, 5) is 0. The van der Waals surface area contributed by atoms with Crippen LogP contribution in [0, 0.1) is 0 Å². The maximum absolute atomic E-state index is 5.14. The highest BCUT2D eigenvalue weighted by atomic mass is 35.6. The summed E-state index contributed by atoms with van der Waals surface area (Å²) in [5.41, 5.74) is 0. The van der Waals surface area contributed by atoms with Gasteiger partial charge < -0.3 is 0 Å². The fourth-order valence-corrected chi connectivity index (χ4v) is 0.677. The van der Waals surface area contributed by atoms with Gasteiger partial charge in [0.15, 0.2) is 0 Å². The second-order valence-corrected chi connectivity index (χ2v) is 4.47. The molecule has 0 aromatic rings. The van der Waals surface area contributed by atoms with Gasteiger partial charge in [-0.05, 0) is 0 Å². The SMILES string of the molecule is CCCCCCC.C[SiH2]Cl. The molecule has 0 aliphatic heterocycles. The summed E-state index contributed by atoms with van der Waals surface area (Å²) in [6.45, 7) is 6.52. The minimum atomic E-state index is -0.111. The molecule has 0 saturated carbocycles. The molecule has 0 bridgehead atoms. The smallest absolute Gasteiger partial charge is 0.122 e. The Morgan fingerprint density at radius 1 is 1.00 bits per heavy atom. The molecule has 0 saturated heterocycles. The highest BCUT2D eigenvalue weighted by molar-refractivity contribution is 6.92. The normalized spacial score (nSPS) is 9.60. The van der Waals surface area contributed by atoms with Gasteiger partial charge >= 0.3 is 0 Å². The summed E-state index contributed by atoms with van der Waals surface area (Å²) in [5.74, 6) is 0. The molecule has 0 nitrogen and oxygen atoms in total. The van der Waals surface area contributed by atoms with Gasteiger partial charge in [-0.3, -0.25) is 0 Å². The molecule has 2 heteroatoms. The number of rotatable bonds is 4. The monoisotopic (exact) mass is 180 g/mol. The Labute approximate surface area is 72.9 Å². The summed E-state index contributed by atoms with van der Waals surface area (Å²) in [6, 6.07) is 0. The molecule has 0 N–H and O–H groups in total. The van der Waals surface area contributed by atoms with Crippen LogP contribution in [0.25, 0.3) is 0 Å². The quantitative estimate of drug-likeness (QED) is 0.354. The van der Waals surface area contributed by atoms with Crippen molar-refractivity contribution in [3.63, 3.8) is 0 Å². The molecule has 64 valence electrons. The molecule has 0 fully saturated rings. The van der Waals surface area contributed by atoms with Crippen LogP contribution in [0.1, 0.15) is 46.0 Å². The largest absolute Gasteiger partial charge is 0.176 e. The predicted octanol–water partition coefficient (Wildman–Crippen LogP) is 3.33. The molecule has 0 atom stereocenters. The third kappa shape index (κ3) is 23.6. The average Bonchev–Trinajstić information content (AvgIpc) is 1.91. The fourth-order valence-electron chi connectivity index (χ4n) is 0.677. The van der Waals surface area contributed by atoms with Crippen molar-refractivity contribution in [3.05, 3.63) is 0 Å². The zero-order valence-electron chi connectivity index (χ0n) is 7.62. The first kappa shape index (κ1) is 13.1. The van der Waals surface area contributed by atoms with Crippen LogP contribution in [0.5, 0.6) is 0 Å². The predicted molar refractivity (Wildman–Crippen MR) is 54.7 cm³/mol. The summed E-state index contributed by atoms with van der Waals surface area (Å²) in [6.07, 6.45) is 7.01. The van der Waals surface area contributed by atoms with Crippen molar-refractivity contribution in [2.24, 2.45) is 0 Å². The Morgan fingerprint density at radius 3 is 1.50 bits per heavy atom. The van der Waals surface area contributed by atoms with E-state index < -0.39 is 0 Å². The van der Waals surface area contributed by atoms with E-state index in [9.17, 15) is 0 Å². The standard InChI is InChI=1S/C7H16.CH5ClSi/c1-3-5-7-6-4-2;1-3-2/h3-7H2,1-2H3;3H2,1H3. The first-order chi connectivity index (χ1) is 4.83. The van der Waals surface area contributed by atoms with Crippen molar-refractivity contribution in [2.45, 2.75) is 52.5 Å². The lowest BCUT2D eigenvalue weighted by molar-refractivity contribution is 0.656. The number of hydrogen-bond donors (Lipinski definition) is 0. The van der Waals surface area contributed by atoms with E-state index in [0.717, 1.165) is 0 Å². The van der Waals surface area contributed by atoms with Gasteiger partial charge in [0.2, 0.25) is 0 Å². The number of unbranched alkanes of at least 4 members (excludes halogenated alkanes) is 4. The van der Waals surface area contributed by atoms with E-state index >= 15 is 0 Å². The van der Waals surface area contributed by atoms with E-state index in [1.807, 2.05) is 6.55 Å². The maximum atomic E-state index is 5.14. The minimum Gasteiger partial charge on any atom is -0.176 e. The third-order valence-corrected chi connectivity index (χ3v) is 1.21. The molecule has 0 spiro atoms. The first-order valence-corrected chi connectivity index (χ1v) is 7.94. The lowest BCUT2D eigenvalue weighted by Gasteiger charge is -1.90. The number of halogens is 1. The van der Waals surface area contributed by atoms with Crippen molar-refractivity contribution in [2.75, 3.05) is 0 Å². The lowest BCUT2D eigenvalue weighted by atomic mass is 10.2. The van der Waals surface area contributed by atoms with E-state index in [1.165, 1.54) is 32.1 Å². The van der Waals surface area contributed by atoms with Crippen molar-refractivity contribution in [1.29, 1.82) is 0 Å². The molecule has 0 aliphatic carbocycles. The molecule has 0 aliphatic rings. The Balaban J connectivity index is 0. The molecular formula is C8H21ClSi. The molecule has 0 aromatic heterocycles. The van der Waals surface area contributed by atoms with Gasteiger partial charge in [0.25, 0.3) is 0 Å². The zero-order valence-corrected chi connectivity index (χ0v) is 9.79. The van der Waals surface area contributed by atoms with Crippen molar-refractivity contribution in [3.8, 4) is 0 Å². The zero-order chi connectivity index (χ0) is 8.24. The van der Waals surface area contributed by atoms with Gasteiger partial charge in [0, 0.05) is 0 Å². The summed E-state index contributed by atoms with van der Waals surface area (Å²) < 4.78 is 0. The second kappa shape index (κ2) is 16.2. The minimum absolute atomic E-state index is 0.111. The molecule has 0 unspecified atom stereocenters. The summed E-state index contributed by atoms with van der Waals surface area (Å²) in [7, 11) is -0.111. The molecule has 0 aromatic carbocycles. The van der Waals surface area contributed by atoms with Gasteiger partial charge in [-0.1, -0.05) is 52.5 Å². The van der Waals surface area contributed by atoms with Crippen LogP contribution in [0.15, 0.2) is 0 Å². The maximum Gasteiger partial charge on any atom is 0.122 e. The van der Waals surface area contributed by atoms with Gasteiger partial charge in [-0.25, -0.2) is 0 Å². The van der Waals surface area contributed by atoms with E-state index in [4.69, 9.17) is 11.1 Å². The van der Waals surface area contributed by atoms with Crippen LogP contribution in [0.3, 0.4) is 0 Å². The summed E-state index contributed by atoms with van der Waals surface area (Å²) >= 11 is 5.14. The third-order valence-electron chi connectivity index (χ3n) is 1.21. The Kier molecular flexibility index (Phi) is 21.3. The van der Waals surface area contributed by atoms with Gasteiger partial charge in [0.1, 0.15) is 8.83 Å². The van der Waals surface area contributed by atoms with E-state index in [1.54, 1.807) is 0 Å². The van der Waals surface area contributed by atoms with Crippen LogP contribution >= 0.6 is 11.1 Å². The second-order valence-electron chi connectivity index (χ2n) is 2.33.